The van der Waals surface area contributed by atoms with Crippen molar-refractivity contribution in [3.63, 3.8) is 0 Å². The lowest BCUT2D eigenvalue weighted by atomic mass is 9.85. The fourth-order valence-electron chi connectivity index (χ4n) is 3.48. The topological polar surface area (TPSA) is 92.8 Å². The largest absolute Gasteiger partial charge is 0.454 e. The zero-order valence-corrected chi connectivity index (χ0v) is 16.4. The number of nitrogens with zero attached hydrogens (tertiary/aromatic N) is 1. The lowest BCUT2D eigenvalue weighted by Crippen LogP contribution is -2.45. The van der Waals surface area contributed by atoms with Crippen LogP contribution in [0.5, 0.6) is 0 Å². The number of amides is 3. The lowest BCUT2D eigenvalue weighted by molar-refractivity contribution is -0.159. The van der Waals surface area contributed by atoms with Crippen LogP contribution in [0.1, 0.15) is 25.3 Å². The van der Waals surface area contributed by atoms with Crippen LogP contribution in [-0.2, 0) is 23.9 Å². The van der Waals surface area contributed by atoms with Gasteiger partial charge in [-0.1, -0.05) is 29.8 Å². The van der Waals surface area contributed by atoms with Crippen molar-refractivity contribution in [2.75, 3.05) is 11.9 Å². The average molecular weight is 405 g/mol. The first-order valence-electron chi connectivity index (χ1n) is 9.04. The minimum atomic E-state index is -1.08. The number of carbonyl (C=O) groups is 4. The van der Waals surface area contributed by atoms with Crippen LogP contribution in [0.15, 0.2) is 30.4 Å². The Morgan fingerprint density at radius 2 is 1.82 bits per heavy atom. The molecular weight excluding hydrogens is 384 g/mol. The van der Waals surface area contributed by atoms with E-state index in [0.717, 1.165) is 10.5 Å². The van der Waals surface area contributed by atoms with Gasteiger partial charge in [-0.2, -0.15) is 0 Å². The highest BCUT2D eigenvalue weighted by Gasteiger charge is 2.50. The molecule has 1 N–H and O–H groups in total. The van der Waals surface area contributed by atoms with E-state index in [0.29, 0.717) is 23.6 Å². The van der Waals surface area contributed by atoms with Gasteiger partial charge >= 0.3 is 5.97 Å². The van der Waals surface area contributed by atoms with Gasteiger partial charge in [-0.3, -0.25) is 19.3 Å². The second-order valence-electron chi connectivity index (χ2n) is 7.02. The van der Waals surface area contributed by atoms with Crippen molar-refractivity contribution >= 4 is 41.0 Å². The normalized spacial score (nSPS) is 22.0. The summed E-state index contributed by atoms with van der Waals surface area (Å²) in [6.45, 7) is 2.75. The van der Waals surface area contributed by atoms with Gasteiger partial charge in [0.1, 0.15) is 6.04 Å². The average Bonchev–Trinajstić information content (AvgIpc) is 2.92. The molecule has 148 valence electrons. The molecule has 2 aliphatic rings. The molecule has 1 aliphatic heterocycles. The van der Waals surface area contributed by atoms with E-state index in [4.69, 9.17) is 16.3 Å². The van der Waals surface area contributed by atoms with Crippen LogP contribution in [0, 0.1) is 18.8 Å². The number of nitrogens with one attached hydrogen (secondary N) is 1. The minimum Gasteiger partial charge on any atom is -0.454 e. The number of fused-ring (bicyclic) bond motifs is 1. The van der Waals surface area contributed by atoms with E-state index < -0.39 is 36.4 Å². The van der Waals surface area contributed by atoms with Gasteiger partial charge in [-0.25, -0.2) is 4.79 Å². The molecule has 0 radical (unpaired) electrons. The highest BCUT2D eigenvalue weighted by Crippen LogP contribution is 2.36. The van der Waals surface area contributed by atoms with Gasteiger partial charge in [0.2, 0.25) is 11.8 Å². The predicted molar refractivity (Wildman–Crippen MR) is 102 cm³/mol. The molecule has 28 heavy (non-hydrogen) atoms. The number of carbonyl (C=O) groups excluding carboxylic acids is 4. The molecule has 3 amide bonds. The smallest absolute Gasteiger partial charge is 0.329 e. The van der Waals surface area contributed by atoms with Gasteiger partial charge in [0.25, 0.3) is 5.91 Å². The van der Waals surface area contributed by atoms with E-state index >= 15 is 0 Å². The molecule has 0 saturated carbocycles. The zero-order valence-electron chi connectivity index (χ0n) is 15.6. The second-order valence-corrected chi connectivity index (χ2v) is 7.42. The molecule has 7 nitrogen and oxygen atoms in total. The summed E-state index contributed by atoms with van der Waals surface area (Å²) in [5.41, 5.74) is 1.35. The molecule has 1 aliphatic carbocycles. The molecule has 8 heteroatoms. The third kappa shape index (κ3) is 3.94. The minimum absolute atomic E-state index is 0.361. The maximum Gasteiger partial charge on any atom is 0.329 e. The molecule has 0 bridgehead atoms. The van der Waals surface area contributed by atoms with Crippen LogP contribution in [0.2, 0.25) is 5.02 Å². The fourth-order valence-corrected chi connectivity index (χ4v) is 3.76. The van der Waals surface area contributed by atoms with Crippen molar-refractivity contribution in [2.24, 2.45) is 11.8 Å². The Bertz CT molecular complexity index is 840. The SMILES string of the molecule is Cc1ccc(NC(=O)COC(=O)[C@H](C)N2C(=O)[C@@H]3CC=CC[C@H]3C2=O)c(Cl)c1. The first kappa shape index (κ1) is 20.1. The summed E-state index contributed by atoms with van der Waals surface area (Å²) in [7, 11) is 0. The number of allylic oxidation sites excluding steroid dienone is 2. The van der Waals surface area contributed by atoms with Crippen molar-refractivity contribution in [1.29, 1.82) is 0 Å². The van der Waals surface area contributed by atoms with Crippen molar-refractivity contribution in [3.8, 4) is 0 Å². The van der Waals surface area contributed by atoms with Crippen LogP contribution >= 0.6 is 11.6 Å². The van der Waals surface area contributed by atoms with Gasteiger partial charge in [-0.05, 0) is 44.4 Å². The number of halogens is 1. The predicted octanol–water partition coefficient (Wildman–Crippen LogP) is 2.47. The Hall–Kier alpha value is -2.67. The maximum absolute atomic E-state index is 12.5. The number of benzene rings is 1. The van der Waals surface area contributed by atoms with Crippen LogP contribution < -0.4 is 5.32 Å². The van der Waals surface area contributed by atoms with Crippen molar-refractivity contribution < 1.29 is 23.9 Å². The Kier molecular flexibility index (Phi) is 5.84. The molecule has 1 heterocycles. The van der Waals surface area contributed by atoms with Crippen LogP contribution in [0.4, 0.5) is 5.69 Å². The number of likely N-dealkylation sites (tertiary alicyclic amines) is 1. The zero-order chi connectivity index (χ0) is 20.4. The Morgan fingerprint density at radius 3 is 2.39 bits per heavy atom. The number of hydrogen-bond acceptors (Lipinski definition) is 5. The van der Waals surface area contributed by atoms with E-state index in [9.17, 15) is 19.2 Å². The molecule has 3 rings (SSSR count). The van der Waals surface area contributed by atoms with Crippen LogP contribution in [-0.4, -0.2) is 41.2 Å². The third-order valence-corrected chi connectivity index (χ3v) is 5.33. The summed E-state index contributed by atoms with van der Waals surface area (Å²) in [5.74, 6) is -2.93. The van der Waals surface area contributed by atoms with Gasteiger partial charge < -0.3 is 10.1 Å². The maximum atomic E-state index is 12.5. The van der Waals surface area contributed by atoms with Crippen LogP contribution in [0.3, 0.4) is 0 Å². The monoisotopic (exact) mass is 404 g/mol. The molecule has 1 aromatic carbocycles. The summed E-state index contributed by atoms with van der Waals surface area (Å²) < 4.78 is 5.01. The van der Waals surface area contributed by atoms with Crippen molar-refractivity contribution in [2.45, 2.75) is 32.7 Å². The standard InChI is InChI=1S/C20H21ClN2O5/c1-11-7-8-16(15(21)9-11)22-17(24)10-28-20(27)12(2)23-18(25)13-5-3-4-6-14(13)19(23)26/h3-4,7-9,12-14H,5-6,10H2,1-2H3,(H,22,24)/t12-,13+,14+/m0/s1. The number of hydrogen-bond donors (Lipinski definition) is 1. The molecule has 3 atom stereocenters. The number of esters is 1. The number of rotatable bonds is 5. The Morgan fingerprint density at radius 1 is 1.21 bits per heavy atom. The fraction of sp³-hybridized carbons (Fsp3) is 0.400. The Balaban J connectivity index is 1.56. The molecule has 0 spiro atoms. The lowest BCUT2D eigenvalue weighted by Gasteiger charge is -2.21. The number of imide groups is 1. The molecule has 0 unspecified atom stereocenters. The number of aryl methyl sites for hydroxylation is 1. The summed E-state index contributed by atoms with van der Waals surface area (Å²) in [5, 5.41) is 2.93. The number of ether oxygens (including phenoxy) is 1. The molecule has 1 fully saturated rings. The molecular formula is C20H21ClN2O5. The quantitative estimate of drug-likeness (QED) is 0.462. The summed E-state index contributed by atoms with van der Waals surface area (Å²) in [6.07, 6.45) is 4.74. The molecule has 1 aromatic rings. The van der Waals surface area contributed by atoms with E-state index in [1.165, 1.54) is 6.92 Å². The van der Waals surface area contributed by atoms with E-state index in [1.807, 2.05) is 19.1 Å². The number of anilines is 1. The second kappa shape index (κ2) is 8.14. The van der Waals surface area contributed by atoms with E-state index in [-0.39, 0.29) is 11.8 Å². The van der Waals surface area contributed by atoms with Crippen molar-refractivity contribution in [1.82, 2.24) is 4.90 Å². The molecule has 0 aromatic heterocycles. The van der Waals surface area contributed by atoms with Gasteiger partial charge in [-0.15, -0.1) is 0 Å². The first-order valence-corrected chi connectivity index (χ1v) is 9.42. The Labute approximate surface area is 167 Å². The first-order chi connectivity index (χ1) is 13.3. The van der Waals surface area contributed by atoms with Crippen molar-refractivity contribution in [3.05, 3.63) is 40.9 Å². The summed E-state index contributed by atoms with van der Waals surface area (Å²) >= 11 is 6.06. The van der Waals surface area contributed by atoms with E-state index in [1.54, 1.807) is 18.2 Å². The van der Waals surface area contributed by atoms with Gasteiger partial charge in [0.15, 0.2) is 6.61 Å². The van der Waals surface area contributed by atoms with E-state index in [2.05, 4.69) is 5.32 Å². The molecule has 1 saturated heterocycles. The highest BCUT2D eigenvalue weighted by molar-refractivity contribution is 6.33. The summed E-state index contributed by atoms with van der Waals surface area (Å²) in [6, 6.07) is 4.05. The highest BCUT2D eigenvalue weighted by atomic mass is 35.5. The van der Waals surface area contributed by atoms with Gasteiger partial charge in [0.05, 0.1) is 22.5 Å². The summed E-state index contributed by atoms with van der Waals surface area (Å²) in [4.78, 5) is 50.3. The van der Waals surface area contributed by atoms with Crippen LogP contribution in [0.25, 0.3) is 0 Å². The van der Waals surface area contributed by atoms with Gasteiger partial charge in [0, 0.05) is 0 Å². The third-order valence-electron chi connectivity index (χ3n) is 5.01.